The Labute approximate surface area is 183 Å². The number of aryl methyl sites for hydroxylation is 2. The number of hydrogen-bond donors (Lipinski definition) is 1. The molecule has 0 fully saturated rings. The van der Waals surface area contributed by atoms with Crippen molar-refractivity contribution < 1.29 is 9.53 Å². The average Bonchev–Trinajstić information content (AvgIpc) is 2.69. The Morgan fingerprint density at radius 2 is 1.76 bits per heavy atom. The van der Waals surface area contributed by atoms with Crippen LogP contribution >= 0.6 is 27.5 Å². The molecule has 0 aromatic heterocycles. The molecule has 0 aliphatic heterocycles. The zero-order chi connectivity index (χ0) is 20.8. The summed E-state index contributed by atoms with van der Waals surface area (Å²) in [4.78, 5) is 12.2. The topological polar surface area (TPSA) is 50.7 Å². The average molecular weight is 472 g/mol. The van der Waals surface area contributed by atoms with E-state index >= 15 is 0 Å². The first-order chi connectivity index (χ1) is 13.9. The van der Waals surface area contributed by atoms with E-state index < -0.39 is 0 Å². The largest absolute Gasteiger partial charge is 0.488 e. The summed E-state index contributed by atoms with van der Waals surface area (Å²) in [5, 5.41) is 4.43. The number of hydrogen-bond acceptors (Lipinski definition) is 3. The molecule has 0 heterocycles. The van der Waals surface area contributed by atoms with E-state index in [4.69, 9.17) is 16.3 Å². The van der Waals surface area contributed by atoms with Crippen molar-refractivity contribution in [1.82, 2.24) is 5.43 Å². The first-order valence-electron chi connectivity index (χ1n) is 9.00. The van der Waals surface area contributed by atoms with Crippen LogP contribution in [0.1, 0.15) is 32.6 Å². The van der Waals surface area contributed by atoms with E-state index in [2.05, 4.69) is 26.5 Å². The number of amides is 1. The predicted molar refractivity (Wildman–Crippen MR) is 121 cm³/mol. The highest BCUT2D eigenvalue weighted by Crippen LogP contribution is 2.25. The van der Waals surface area contributed by atoms with Crippen molar-refractivity contribution in [2.45, 2.75) is 20.5 Å². The molecule has 0 radical (unpaired) electrons. The lowest BCUT2D eigenvalue weighted by Crippen LogP contribution is -2.18. The summed E-state index contributed by atoms with van der Waals surface area (Å²) in [6.45, 7) is 4.48. The van der Waals surface area contributed by atoms with Crippen molar-refractivity contribution in [2.24, 2.45) is 5.10 Å². The van der Waals surface area contributed by atoms with E-state index in [0.29, 0.717) is 17.2 Å². The summed E-state index contributed by atoms with van der Waals surface area (Å²) in [6.07, 6.45) is 1.60. The molecule has 6 heteroatoms. The van der Waals surface area contributed by atoms with E-state index in [1.807, 2.05) is 50.2 Å². The third-order valence-corrected chi connectivity index (χ3v) is 5.14. The van der Waals surface area contributed by atoms with Gasteiger partial charge in [-0.1, -0.05) is 51.8 Å². The molecule has 0 atom stereocenters. The second-order valence-electron chi connectivity index (χ2n) is 6.58. The van der Waals surface area contributed by atoms with Crippen molar-refractivity contribution >= 4 is 39.7 Å². The van der Waals surface area contributed by atoms with Crippen LogP contribution in [0.5, 0.6) is 5.75 Å². The SMILES string of the molecule is Cc1cc(/C=N\NC(=O)c2ccccc2Cl)cc(C)c1OCc1ccc(Br)cc1. The third-order valence-electron chi connectivity index (χ3n) is 4.28. The van der Waals surface area contributed by atoms with Gasteiger partial charge in [0.15, 0.2) is 0 Å². The van der Waals surface area contributed by atoms with Crippen molar-refractivity contribution in [2.75, 3.05) is 0 Å². The number of nitrogens with one attached hydrogen (secondary N) is 1. The van der Waals surface area contributed by atoms with Crippen molar-refractivity contribution in [1.29, 1.82) is 0 Å². The van der Waals surface area contributed by atoms with Crippen LogP contribution in [0.25, 0.3) is 0 Å². The van der Waals surface area contributed by atoms with Crippen LogP contribution in [0.2, 0.25) is 5.02 Å². The summed E-state index contributed by atoms with van der Waals surface area (Å²) in [5.41, 5.74) is 6.86. The lowest BCUT2D eigenvalue weighted by molar-refractivity contribution is 0.0955. The predicted octanol–water partition coefficient (Wildman–Crippen LogP) is 6.06. The lowest BCUT2D eigenvalue weighted by atomic mass is 10.1. The Kier molecular flexibility index (Phi) is 7.07. The summed E-state index contributed by atoms with van der Waals surface area (Å²) in [5.74, 6) is 0.500. The molecule has 0 spiro atoms. The zero-order valence-corrected chi connectivity index (χ0v) is 18.4. The summed E-state index contributed by atoms with van der Waals surface area (Å²) in [6, 6.07) is 18.8. The van der Waals surface area contributed by atoms with Gasteiger partial charge in [0, 0.05) is 4.47 Å². The Morgan fingerprint density at radius 1 is 1.10 bits per heavy atom. The fourth-order valence-corrected chi connectivity index (χ4v) is 3.38. The first kappa shape index (κ1) is 21.1. The van der Waals surface area contributed by atoms with Crippen molar-refractivity contribution in [3.05, 3.63) is 98.0 Å². The van der Waals surface area contributed by atoms with Gasteiger partial charge in [0.25, 0.3) is 5.91 Å². The standard InChI is InChI=1S/C23H20BrClN2O2/c1-15-11-18(13-26-27-23(28)20-5-3-4-6-21(20)25)12-16(2)22(15)29-14-17-7-9-19(24)10-8-17/h3-13H,14H2,1-2H3,(H,27,28)/b26-13-. The molecule has 0 bridgehead atoms. The number of carbonyl (C=O) groups excluding carboxylic acids is 1. The third kappa shape index (κ3) is 5.68. The normalized spacial score (nSPS) is 10.9. The van der Waals surface area contributed by atoms with Gasteiger partial charge < -0.3 is 4.74 Å². The van der Waals surface area contributed by atoms with Gasteiger partial charge in [-0.3, -0.25) is 4.79 Å². The lowest BCUT2D eigenvalue weighted by Gasteiger charge is -2.13. The van der Waals surface area contributed by atoms with Crippen molar-refractivity contribution in [3.63, 3.8) is 0 Å². The Morgan fingerprint density at radius 3 is 2.41 bits per heavy atom. The molecule has 29 heavy (non-hydrogen) atoms. The van der Waals surface area contributed by atoms with Crippen LogP contribution in [0.15, 0.2) is 70.2 Å². The van der Waals surface area contributed by atoms with Crippen LogP contribution in [-0.4, -0.2) is 12.1 Å². The van der Waals surface area contributed by atoms with Crippen LogP contribution in [0.3, 0.4) is 0 Å². The maximum absolute atomic E-state index is 12.2. The quantitative estimate of drug-likeness (QED) is 0.351. The van der Waals surface area contributed by atoms with E-state index in [1.165, 1.54) is 0 Å². The van der Waals surface area contributed by atoms with Gasteiger partial charge in [-0.15, -0.1) is 0 Å². The van der Waals surface area contributed by atoms with Gasteiger partial charge >= 0.3 is 0 Å². The molecule has 148 valence electrons. The van der Waals surface area contributed by atoms with Gasteiger partial charge in [-0.25, -0.2) is 5.43 Å². The van der Waals surface area contributed by atoms with Crippen LogP contribution in [-0.2, 0) is 6.61 Å². The van der Waals surface area contributed by atoms with Gasteiger partial charge in [-0.2, -0.15) is 5.10 Å². The minimum absolute atomic E-state index is 0.352. The molecular weight excluding hydrogens is 452 g/mol. The molecule has 3 aromatic carbocycles. The highest BCUT2D eigenvalue weighted by atomic mass is 79.9. The number of benzene rings is 3. The number of hydrazone groups is 1. The van der Waals surface area contributed by atoms with Gasteiger partial charge in [0.2, 0.25) is 0 Å². The summed E-state index contributed by atoms with van der Waals surface area (Å²) < 4.78 is 7.06. The minimum atomic E-state index is -0.352. The monoisotopic (exact) mass is 470 g/mol. The minimum Gasteiger partial charge on any atom is -0.488 e. The summed E-state index contributed by atoms with van der Waals surface area (Å²) >= 11 is 9.46. The second kappa shape index (κ2) is 9.72. The molecule has 0 saturated heterocycles. The van der Waals surface area contributed by atoms with Crippen LogP contribution in [0.4, 0.5) is 0 Å². The Hall–Kier alpha value is -2.63. The first-order valence-corrected chi connectivity index (χ1v) is 10.2. The molecule has 0 unspecified atom stereocenters. The van der Waals surface area contributed by atoms with E-state index in [-0.39, 0.29) is 5.91 Å². The van der Waals surface area contributed by atoms with Gasteiger partial charge in [-0.05, 0) is 72.5 Å². The molecule has 3 aromatic rings. The van der Waals surface area contributed by atoms with E-state index in [1.54, 1.807) is 30.5 Å². The molecule has 0 aliphatic carbocycles. The second-order valence-corrected chi connectivity index (χ2v) is 7.90. The Bertz CT molecular complexity index is 1030. The van der Waals surface area contributed by atoms with Crippen LogP contribution < -0.4 is 10.2 Å². The zero-order valence-electron chi connectivity index (χ0n) is 16.1. The van der Waals surface area contributed by atoms with Gasteiger partial charge in [0.1, 0.15) is 12.4 Å². The number of rotatable bonds is 6. The number of carbonyl (C=O) groups is 1. The maximum atomic E-state index is 12.2. The molecule has 0 aliphatic rings. The molecule has 4 nitrogen and oxygen atoms in total. The van der Waals surface area contributed by atoms with Gasteiger partial charge in [0.05, 0.1) is 16.8 Å². The Balaban J connectivity index is 1.65. The maximum Gasteiger partial charge on any atom is 0.272 e. The smallest absolute Gasteiger partial charge is 0.272 e. The van der Waals surface area contributed by atoms with E-state index in [0.717, 1.165) is 32.5 Å². The molecule has 1 amide bonds. The number of ether oxygens (including phenoxy) is 1. The van der Waals surface area contributed by atoms with Crippen molar-refractivity contribution in [3.8, 4) is 5.75 Å². The molecule has 1 N–H and O–H groups in total. The van der Waals surface area contributed by atoms with E-state index in [9.17, 15) is 4.79 Å². The molecule has 0 saturated carbocycles. The number of nitrogens with zero attached hydrogens (tertiary/aromatic N) is 1. The fourth-order valence-electron chi connectivity index (χ4n) is 2.89. The number of halogens is 2. The molecular formula is C23H20BrClN2O2. The van der Waals surface area contributed by atoms with Crippen LogP contribution in [0, 0.1) is 13.8 Å². The summed E-state index contributed by atoms with van der Waals surface area (Å²) in [7, 11) is 0. The molecule has 3 rings (SSSR count). The highest BCUT2D eigenvalue weighted by molar-refractivity contribution is 9.10. The highest BCUT2D eigenvalue weighted by Gasteiger charge is 2.09. The fraction of sp³-hybridized carbons (Fsp3) is 0.130.